The third-order valence-electron chi connectivity index (χ3n) is 5.86. The van der Waals surface area contributed by atoms with E-state index >= 15 is 0 Å². The Bertz CT molecular complexity index is 875. The van der Waals surface area contributed by atoms with Crippen LogP contribution >= 0.6 is 0 Å². The van der Waals surface area contributed by atoms with Gasteiger partial charge in [0, 0.05) is 29.5 Å². The Morgan fingerprint density at radius 2 is 1.62 bits per heavy atom. The fraction of sp³-hybridized carbons (Fsp3) is 0.400. The molecule has 140 valence electrons. The molecule has 1 atom stereocenters. The highest BCUT2D eigenvalue weighted by Gasteiger charge is 2.44. The molecule has 3 N–H and O–H groups in total. The molecule has 26 heavy (non-hydrogen) atoms. The first-order valence-corrected chi connectivity index (χ1v) is 8.53. The number of hydrogen-bond acceptors (Lipinski definition) is 5. The lowest BCUT2D eigenvalue weighted by molar-refractivity contribution is -0.923. The highest BCUT2D eigenvalue weighted by Crippen LogP contribution is 2.56. The van der Waals surface area contributed by atoms with E-state index in [0.29, 0.717) is 22.6 Å². The number of likely N-dealkylation sites (N-methyl/N-ethyl adjacent to an activating group) is 1. The maximum Gasteiger partial charge on any atom is 0.166 e. The van der Waals surface area contributed by atoms with Gasteiger partial charge in [-0.3, -0.25) is 0 Å². The number of quaternary nitrogens is 1. The molecular formula is C20H25NO5. The lowest BCUT2D eigenvalue weighted by Crippen LogP contribution is -2.49. The molecule has 0 aromatic heterocycles. The van der Waals surface area contributed by atoms with Crippen molar-refractivity contribution < 1.29 is 29.6 Å². The summed E-state index contributed by atoms with van der Waals surface area (Å²) in [5.41, 5.74) is 4.72. The second-order valence-electron chi connectivity index (χ2n) is 7.50. The zero-order valence-electron chi connectivity index (χ0n) is 15.5. The maximum absolute atomic E-state index is 10.9. The topological polar surface area (TPSA) is 88.9 Å². The van der Waals surface area contributed by atoms with Crippen LogP contribution in [0.25, 0.3) is 11.1 Å². The Morgan fingerprint density at radius 3 is 2.27 bits per heavy atom. The molecule has 0 saturated heterocycles. The van der Waals surface area contributed by atoms with Crippen LogP contribution in [0.15, 0.2) is 18.2 Å². The van der Waals surface area contributed by atoms with Crippen LogP contribution in [-0.4, -0.2) is 55.0 Å². The highest BCUT2D eigenvalue weighted by atomic mass is 16.5. The number of methoxy groups -OCH3 is 2. The van der Waals surface area contributed by atoms with Gasteiger partial charge in [0.1, 0.15) is 6.04 Å². The van der Waals surface area contributed by atoms with Gasteiger partial charge in [-0.15, -0.1) is 0 Å². The van der Waals surface area contributed by atoms with Gasteiger partial charge in [0.05, 0.1) is 34.9 Å². The van der Waals surface area contributed by atoms with Crippen LogP contribution in [0.1, 0.15) is 22.7 Å². The first-order chi connectivity index (χ1) is 11.9. The first-order valence-electron chi connectivity index (χ1n) is 8.53. The van der Waals surface area contributed by atoms with Crippen LogP contribution < -0.4 is 9.47 Å². The van der Waals surface area contributed by atoms with Gasteiger partial charge in [-0.25, -0.2) is 0 Å². The van der Waals surface area contributed by atoms with Gasteiger partial charge in [-0.2, -0.15) is 0 Å². The maximum atomic E-state index is 10.9. The Labute approximate surface area is 153 Å². The quantitative estimate of drug-likeness (QED) is 0.805. The minimum atomic E-state index is 0. The number of aromatic hydroxyl groups is 2. The van der Waals surface area contributed by atoms with E-state index in [0.717, 1.165) is 35.0 Å². The van der Waals surface area contributed by atoms with Crippen molar-refractivity contribution in [1.29, 1.82) is 0 Å². The van der Waals surface area contributed by atoms with Gasteiger partial charge in [0.15, 0.2) is 23.0 Å². The van der Waals surface area contributed by atoms with Crippen LogP contribution in [0, 0.1) is 0 Å². The van der Waals surface area contributed by atoms with Crippen molar-refractivity contribution in [3.05, 3.63) is 34.9 Å². The van der Waals surface area contributed by atoms with E-state index in [1.54, 1.807) is 13.2 Å². The molecule has 6 nitrogen and oxygen atoms in total. The van der Waals surface area contributed by atoms with Gasteiger partial charge in [-0.05, 0) is 23.3 Å². The summed E-state index contributed by atoms with van der Waals surface area (Å²) in [6.07, 6.45) is 1.74. The summed E-state index contributed by atoms with van der Waals surface area (Å²) in [4.78, 5) is 0. The van der Waals surface area contributed by atoms with E-state index in [1.165, 1.54) is 12.7 Å². The van der Waals surface area contributed by atoms with Gasteiger partial charge in [-0.1, -0.05) is 6.07 Å². The Hall–Kier alpha value is -2.44. The number of hydrogen-bond donors (Lipinski definition) is 2. The van der Waals surface area contributed by atoms with Crippen molar-refractivity contribution >= 4 is 0 Å². The average molecular weight is 359 g/mol. The lowest BCUT2D eigenvalue weighted by Gasteiger charge is -2.46. The number of phenols is 2. The van der Waals surface area contributed by atoms with E-state index in [4.69, 9.17) is 9.47 Å². The fourth-order valence-electron chi connectivity index (χ4n) is 4.41. The van der Waals surface area contributed by atoms with Crippen LogP contribution in [0.3, 0.4) is 0 Å². The van der Waals surface area contributed by atoms with E-state index in [2.05, 4.69) is 14.1 Å². The number of phenolic OH excluding ortho intramolecular Hbond substituents is 2. The van der Waals surface area contributed by atoms with Gasteiger partial charge in [0.2, 0.25) is 0 Å². The molecule has 0 radical (unpaired) electrons. The van der Waals surface area contributed by atoms with Crippen molar-refractivity contribution in [2.45, 2.75) is 18.9 Å². The molecule has 1 heterocycles. The Balaban J connectivity index is 0.00000196. The summed E-state index contributed by atoms with van der Waals surface area (Å²) < 4.78 is 11.6. The number of rotatable bonds is 2. The van der Waals surface area contributed by atoms with Crippen LogP contribution in [0.5, 0.6) is 23.0 Å². The van der Waals surface area contributed by atoms with Crippen molar-refractivity contribution in [2.75, 3.05) is 34.9 Å². The summed E-state index contributed by atoms with van der Waals surface area (Å²) >= 11 is 0. The predicted octanol–water partition coefficient (Wildman–Crippen LogP) is 2.83. The molecule has 0 fully saturated rings. The molecule has 1 aliphatic heterocycles. The Morgan fingerprint density at radius 1 is 0.962 bits per heavy atom. The van der Waals surface area contributed by atoms with E-state index in [-0.39, 0.29) is 23.0 Å². The van der Waals surface area contributed by atoms with Crippen molar-refractivity contribution in [1.82, 2.24) is 0 Å². The minimum absolute atomic E-state index is 0. The molecule has 1 aliphatic carbocycles. The molecule has 1 unspecified atom stereocenters. The molecule has 4 rings (SSSR count). The second kappa shape index (κ2) is 6.07. The summed E-state index contributed by atoms with van der Waals surface area (Å²) in [6.45, 7) is 1.03. The number of benzene rings is 2. The third kappa shape index (κ3) is 2.33. The lowest BCUT2D eigenvalue weighted by atomic mass is 9.75. The smallest absolute Gasteiger partial charge is 0.166 e. The molecule has 2 aromatic rings. The third-order valence-corrected chi connectivity index (χ3v) is 5.86. The fourth-order valence-corrected chi connectivity index (χ4v) is 4.41. The van der Waals surface area contributed by atoms with E-state index < -0.39 is 0 Å². The number of nitrogens with zero attached hydrogens (tertiary/aromatic N) is 1. The number of fused-ring (bicyclic) bond motifs is 2. The van der Waals surface area contributed by atoms with Gasteiger partial charge < -0.3 is 29.6 Å². The molecule has 6 heteroatoms. The molecular weight excluding hydrogens is 334 g/mol. The average Bonchev–Trinajstić information content (AvgIpc) is 2.59. The largest absolute Gasteiger partial charge is 0.870 e. The van der Waals surface area contributed by atoms with Gasteiger partial charge >= 0.3 is 0 Å². The SMILES string of the molecule is COc1ccc2c(c1O)-c1c(O)c(OC)cc3c1C(C2)[N+](C)(C)CC3.[OH-]. The summed E-state index contributed by atoms with van der Waals surface area (Å²) in [5.74, 6) is 1.05. The zero-order valence-corrected chi connectivity index (χ0v) is 15.5. The zero-order chi connectivity index (χ0) is 17.9. The monoisotopic (exact) mass is 359 g/mol. The first kappa shape index (κ1) is 18.4. The minimum Gasteiger partial charge on any atom is -0.870 e. The highest BCUT2D eigenvalue weighted by molar-refractivity contribution is 5.87. The number of ether oxygens (including phenoxy) is 2. The van der Waals surface area contributed by atoms with Crippen molar-refractivity contribution in [3.8, 4) is 34.1 Å². The molecule has 2 aliphatic rings. The molecule has 2 aromatic carbocycles. The van der Waals surface area contributed by atoms with Crippen molar-refractivity contribution in [2.24, 2.45) is 0 Å². The summed E-state index contributed by atoms with van der Waals surface area (Å²) in [7, 11) is 7.55. The molecule has 0 spiro atoms. The van der Waals surface area contributed by atoms with Crippen LogP contribution in [0.4, 0.5) is 0 Å². The Kier molecular flexibility index (Phi) is 4.29. The van der Waals surface area contributed by atoms with Gasteiger partial charge in [0.25, 0.3) is 0 Å². The van der Waals surface area contributed by atoms with Crippen LogP contribution in [0.2, 0.25) is 0 Å². The summed E-state index contributed by atoms with van der Waals surface area (Å²) in [6, 6.07) is 5.98. The molecule has 0 amide bonds. The van der Waals surface area contributed by atoms with Crippen LogP contribution in [-0.2, 0) is 12.8 Å². The predicted molar refractivity (Wildman–Crippen MR) is 97.4 cm³/mol. The molecule has 0 saturated carbocycles. The van der Waals surface area contributed by atoms with Crippen molar-refractivity contribution in [3.63, 3.8) is 0 Å². The standard InChI is InChI=1S/C20H23NO4.H2O/c1-21(2)8-7-12-10-15(25-4)20(23)18-16(12)13(21)9-11-5-6-14(24-3)19(22)17(11)18;/h5-6,10,13H,7-9H2,1-4H3,(H-,22,23);1H2. The molecule has 0 bridgehead atoms. The normalized spacial score (nSPS) is 19.0. The van der Waals surface area contributed by atoms with E-state index in [1.807, 2.05) is 12.1 Å². The van der Waals surface area contributed by atoms with E-state index in [9.17, 15) is 10.2 Å². The summed E-state index contributed by atoms with van der Waals surface area (Å²) in [5, 5.41) is 21.7. The second-order valence-corrected chi connectivity index (χ2v) is 7.50.